The highest BCUT2D eigenvalue weighted by Gasteiger charge is 2.09. The fourth-order valence-electron chi connectivity index (χ4n) is 1.74. The first-order valence-electron chi connectivity index (χ1n) is 6.76. The van der Waals surface area contributed by atoms with Crippen molar-refractivity contribution in [3.63, 3.8) is 0 Å². The minimum atomic E-state index is -0.270. The Kier molecular flexibility index (Phi) is 5.45. The second-order valence-electron chi connectivity index (χ2n) is 4.52. The van der Waals surface area contributed by atoms with Gasteiger partial charge in [-0.3, -0.25) is 20.4 Å². The van der Waals surface area contributed by atoms with Crippen LogP contribution in [-0.4, -0.2) is 16.8 Å². The zero-order valence-electron chi connectivity index (χ0n) is 11.8. The van der Waals surface area contributed by atoms with Gasteiger partial charge < -0.3 is 0 Å². The van der Waals surface area contributed by atoms with Gasteiger partial charge in [0.15, 0.2) is 0 Å². The summed E-state index contributed by atoms with van der Waals surface area (Å²) in [6, 6.07) is 9.80. The monoisotopic (exact) mass is 303 g/mol. The summed E-state index contributed by atoms with van der Waals surface area (Å²) in [5.41, 5.74) is 6.66. The van der Waals surface area contributed by atoms with Crippen molar-refractivity contribution in [1.29, 1.82) is 0 Å². The van der Waals surface area contributed by atoms with Gasteiger partial charge in [-0.25, -0.2) is 4.98 Å². The Morgan fingerprint density at radius 3 is 2.57 bits per heavy atom. The molecule has 2 rings (SSSR count). The summed E-state index contributed by atoms with van der Waals surface area (Å²) in [7, 11) is 0. The lowest BCUT2D eigenvalue weighted by Crippen LogP contribution is -2.42. The summed E-state index contributed by atoms with van der Waals surface area (Å²) < 4.78 is 0. The third-order valence-corrected chi connectivity index (χ3v) is 3.60. The molecule has 0 bridgehead atoms. The van der Waals surface area contributed by atoms with Gasteiger partial charge in [-0.1, -0.05) is 37.3 Å². The number of amides is 2. The first-order valence-corrected chi connectivity index (χ1v) is 7.64. The molecule has 0 atom stereocenters. The lowest BCUT2D eigenvalue weighted by Gasteiger charge is -2.05. The average Bonchev–Trinajstić information content (AvgIpc) is 2.95. The number of rotatable bonds is 5. The molecule has 0 saturated carbocycles. The van der Waals surface area contributed by atoms with Gasteiger partial charge in [0, 0.05) is 17.4 Å². The van der Waals surface area contributed by atoms with Gasteiger partial charge in [0.1, 0.15) is 5.01 Å². The second-order valence-corrected chi connectivity index (χ2v) is 5.46. The Hall–Kier alpha value is -2.21. The molecule has 5 nitrogen and oxygen atoms in total. The smallest absolute Gasteiger partial charge is 0.245 e. The average molecular weight is 303 g/mol. The summed E-state index contributed by atoms with van der Waals surface area (Å²) in [5, 5.41) is 2.64. The van der Waals surface area contributed by atoms with Gasteiger partial charge in [0.2, 0.25) is 11.8 Å². The van der Waals surface area contributed by atoms with E-state index in [2.05, 4.69) is 15.8 Å². The molecule has 0 fully saturated rings. The van der Waals surface area contributed by atoms with Crippen LogP contribution in [0.4, 0.5) is 0 Å². The highest BCUT2D eigenvalue weighted by Crippen LogP contribution is 2.21. The molecule has 21 heavy (non-hydrogen) atoms. The van der Waals surface area contributed by atoms with Gasteiger partial charge >= 0.3 is 0 Å². The van der Waals surface area contributed by atoms with Crippen LogP contribution in [0.15, 0.2) is 35.7 Å². The molecule has 1 aromatic heterocycles. The Balaban J connectivity index is 1.88. The quantitative estimate of drug-likeness (QED) is 0.833. The molecule has 2 amide bonds. The zero-order chi connectivity index (χ0) is 15.1. The minimum absolute atomic E-state index is 0.157. The molecule has 0 spiro atoms. The van der Waals surface area contributed by atoms with E-state index in [0.29, 0.717) is 6.42 Å². The van der Waals surface area contributed by atoms with E-state index in [4.69, 9.17) is 0 Å². The number of nitrogens with zero attached hydrogens (tertiary/aromatic N) is 1. The number of benzene rings is 1. The number of aromatic nitrogens is 1. The fourth-order valence-corrected chi connectivity index (χ4v) is 2.55. The topological polar surface area (TPSA) is 71.1 Å². The van der Waals surface area contributed by atoms with Gasteiger partial charge in [0.25, 0.3) is 0 Å². The number of carbonyl (C=O) groups excluding carboxylic acids is 2. The first kappa shape index (κ1) is 15.2. The van der Waals surface area contributed by atoms with Crippen LogP contribution < -0.4 is 10.9 Å². The lowest BCUT2D eigenvalue weighted by molar-refractivity contribution is -0.128. The van der Waals surface area contributed by atoms with Crippen molar-refractivity contribution in [2.45, 2.75) is 26.2 Å². The predicted octanol–water partition coefficient (Wildman–Crippen LogP) is 2.30. The van der Waals surface area contributed by atoms with Crippen LogP contribution in [-0.2, 0) is 16.0 Å². The van der Waals surface area contributed by atoms with Gasteiger partial charge in [-0.2, -0.15) is 0 Å². The summed E-state index contributed by atoms with van der Waals surface area (Å²) in [4.78, 5) is 27.4. The van der Waals surface area contributed by atoms with Crippen molar-refractivity contribution in [3.05, 3.63) is 40.7 Å². The number of thiazole rings is 1. The van der Waals surface area contributed by atoms with E-state index in [1.165, 1.54) is 11.3 Å². The summed E-state index contributed by atoms with van der Waals surface area (Å²) in [6.07, 6.45) is 1.30. The lowest BCUT2D eigenvalue weighted by atomic mass is 10.2. The van der Waals surface area contributed by atoms with Crippen LogP contribution in [0.1, 0.15) is 24.8 Å². The normalized spacial score (nSPS) is 10.1. The van der Waals surface area contributed by atoms with E-state index in [0.717, 1.165) is 22.7 Å². The second kappa shape index (κ2) is 7.54. The van der Waals surface area contributed by atoms with E-state index >= 15 is 0 Å². The Bertz CT molecular complexity index is 610. The molecule has 0 aliphatic rings. The third kappa shape index (κ3) is 4.68. The van der Waals surface area contributed by atoms with E-state index in [9.17, 15) is 9.59 Å². The van der Waals surface area contributed by atoms with Crippen molar-refractivity contribution in [2.24, 2.45) is 0 Å². The fraction of sp³-hybridized carbons (Fsp3) is 0.267. The first-order chi connectivity index (χ1) is 10.2. The maximum Gasteiger partial charge on any atom is 0.245 e. The largest absolute Gasteiger partial charge is 0.273 e. The highest BCUT2D eigenvalue weighted by molar-refractivity contribution is 7.10. The number of hydrazine groups is 1. The molecule has 1 aromatic carbocycles. The molecule has 110 valence electrons. The Morgan fingerprint density at radius 2 is 1.86 bits per heavy atom. The standard InChI is InChI=1S/C15H17N3O2S/c1-2-6-13(19)17-18-14(20)9-15-16-12(10-21-15)11-7-4-3-5-8-11/h3-5,7-8,10H,2,6,9H2,1H3,(H,17,19)(H,18,20). The molecule has 0 aliphatic heterocycles. The Labute approximate surface area is 127 Å². The minimum Gasteiger partial charge on any atom is -0.273 e. The van der Waals surface area contributed by atoms with Crippen LogP contribution in [0.2, 0.25) is 0 Å². The molecule has 0 unspecified atom stereocenters. The van der Waals surface area contributed by atoms with Crippen molar-refractivity contribution in [3.8, 4) is 11.3 Å². The molecule has 0 aliphatic carbocycles. The summed E-state index contributed by atoms with van der Waals surface area (Å²) in [5.74, 6) is -0.455. The molecule has 2 N–H and O–H groups in total. The summed E-state index contributed by atoms with van der Waals surface area (Å²) >= 11 is 1.43. The van der Waals surface area contributed by atoms with E-state index in [1.807, 2.05) is 42.6 Å². The number of carbonyl (C=O) groups is 2. The molecule has 6 heteroatoms. The van der Waals surface area contributed by atoms with E-state index < -0.39 is 0 Å². The van der Waals surface area contributed by atoms with Gasteiger partial charge in [0.05, 0.1) is 12.1 Å². The maximum absolute atomic E-state index is 11.7. The molecular weight excluding hydrogens is 286 g/mol. The Morgan fingerprint density at radius 1 is 1.14 bits per heavy atom. The van der Waals surface area contributed by atoms with Crippen molar-refractivity contribution >= 4 is 23.2 Å². The number of hydrogen-bond acceptors (Lipinski definition) is 4. The summed E-state index contributed by atoms with van der Waals surface area (Å²) in [6.45, 7) is 1.90. The predicted molar refractivity (Wildman–Crippen MR) is 82.4 cm³/mol. The van der Waals surface area contributed by atoms with Crippen molar-refractivity contribution in [1.82, 2.24) is 15.8 Å². The zero-order valence-corrected chi connectivity index (χ0v) is 12.6. The van der Waals surface area contributed by atoms with Crippen LogP contribution in [0.3, 0.4) is 0 Å². The van der Waals surface area contributed by atoms with Crippen molar-refractivity contribution in [2.75, 3.05) is 0 Å². The molecule has 0 saturated heterocycles. The number of nitrogens with one attached hydrogen (secondary N) is 2. The highest BCUT2D eigenvalue weighted by atomic mass is 32.1. The van der Waals surface area contributed by atoms with Gasteiger partial charge in [-0.15, -0.1) is 11.3 Å². The third-order valence-electron chi connectivity index (χ3n) is 2.75. The molecule has 1 heterocycles. The SMILES string of the molecule is CCCC(=O)NNC(=O)Cc1nc(-c2ccccc2)cs1. The van der Waals surface area contributed by atoms with Crippen LogP contribution in [0, 0.1) is 0 Å². The van der Waals surface area contributed by atoms with Crippen molar-refractivity contribution < 1.29 is 9.59 Å². The molecule has 2 aromatic rings. The number of hydrogen-bond donors (Lipinski definition) is 2. The molecular formula is C15H17N3O2S. The maximum atomic E-state index is 11.7. The van der Waals surface area contributed by atoms with Crippen LogP contribution in [0.5, 0.6) is 0 Å². The van der Waals surface area contributed by atoms with Crippen LogP contribution >= 0.6 is 11.3 Å². The van der Waals surface area contributed by atoms with Gasteiger partial charge in [-0.05, 0) is 6.42 Å². The van der Waals surface area contributed by atoms with Crippen LogP contribution in [0.25, 0.3) is 11.3 Å². The van der Waals surface area contributed by atoms with E-state index in [-0.39, 0.29) is 18.2 Å². The van der Waals surface area contributed by atoms with E-state index in [1.54, 1.807) is 0 Å². The molecule has 0 radical (unpaired) electrons.